The third-order valence-electron chi connectivity index (χ3n) is 2.58. The van der Waals surface area contributed by atoms with Crippen LogP contribution in [0.15, 0.2) is 24.5 Å². The molecule has 1 amide bonds. The Morgan fingerprint density at radius 2 is 2.35 bits per heavy atom. The maximum absolute atomic E-state index is 11.4. The molecule has 0 aliphatic rings. The number of fused-ring (bicyclic) bond motifs is 1. The molecule has 0 saturated carbocycles. The SMILES string of the molecule is NCCCC(=O)NCc1ccc2nc[nH]c2c1. The smallest absolute Gasteiger partial charge is 0.220 e. The second-order valence-corrected chi connectivity index (χ2v) is 3.92. The van der Waals surface area contributed by atoms with E-state index in [1.165, 1.54) is 0 Å². The van der Waals surface area contributed by atoms with E-state index in [0.29, 0.717) is 19.5 Å². The lowest BCUT2D eigenvalue weighted by Crippen LogP contribution is -2.23. The van der Waals surface area contributed by atoms with Crippen molar-refractivity contribution in [3.8, 4) is 0 Å². The minimum Gasteiger partial charge on any atom is -0.352 e. The fourth-order valence-corrected chi connectivity index (χ4v) is 1.64. The van der Waals surface area contributed by atoms with Gasteiger partial charge in [-0.3, -0.25) is 4.79 Å². The molecule has 0 spiro atoms. The molecule has 1 aromatic carbocycles. The Bertz CT molecular complexity index is 506. The van der Waals surface area contributed by atoms with Crippen molar-refractivity contribution in [3.63, 3.8) is 0 Å². The summed E-state index contributed by atoms with van der Waals surface area (Å²) >= 11 is 0. The highest BCUT2D eigenvalue weighted by molar-refractivity contribution is 5.77. The molecule has 0 fully saturated rings. The van der Waals surface area contributed by atoms with Crippen LogP contribution in [0.2, 0.25) is 0 Å². The number of amides is 1. The zero-order valence-electron chi connectivity index (χ0n) is 9.57. The Balaban J connectivity index is 1.92. The number of carbonyl (C=O) groups excluding carboxylic acids is 1. The number of hydrogen-bond donors (Lipinski definition) is 3. The van der Waals surface area contributed by atoms with E-state index >= 15 is 0 Å². The number of carbonyl (C=O) groups is 1. The minimum absolute atomic E-state index is 0.0418. The first-order valence-corrected chi connectivity index (χ1v) is 5.68. The van der Waals surface area contributed by atoms with E-state index in [4.69, 9.17) is 5.73 Å². The normalized spacial score (nSPS) is 10.6. The van der Waals surface area contributed by atoms with Crippen molar-refractivity contribution in [1.82, 2.24) is 15.3 Å². The number of H-pyrrole nitrogens is 1. The van der Waals surface area contributed by atoms with Gasteiger partial charge in [0.25, 0.3) is 0 Å². The van der Waals surface area contributed by atoms with Crippen molar-refractivity contribution in [3.05, 3.63) is 30.1 Å². The Morgan fingerprint density at radius 1 is 1.47 bits per heavy atom. The van der Waals surface area contributed by atoms with Gasteiger partial charge in [0.05, 0.1) is 17.4 Å². The Hall–Kier alpha value is -1.88. The highest BCUT2D eigenvalue weighted by atomic mass is 16.1. The van der Waals surface area contributed by atoms with Crippen molar-refractivity contribution in [2.75, 3.05) is 6.54 Å². The van der Waals surface area contributed by atoms with Gasteiger partial charge in [0.15, 0.2) is 0 Å². The Kier molecular flexibility index (Phi) is 3.72. The molecule has 0 radical (unpaired) electrons. The summed E-state index contributed by atoms with van der Waals surface area (Å²) in [6.07, 6.45) is 2.88. The molecule has 0 saturated heterocycles. The average Bonchev–Trinajstić information content (AvgIpc) is 2.81. The Labute approximate surface area is 99.4 Å². The number of nitrogens with two attached hydrogens (primary N) is 1. The van der Waals surface area contributed by atoms with E-state index in [-0.39, 0.29) is 5.91 Å². The minimum atomic E-state index is 0.0418. The molecule has 17 heavy (non-hydrogen) atoms. The van der Waals surface area contributed by atoms with Gasteiger partial charge in [-0.25, -0.2) is 4.98 Å². The topological polar surface area (TPSA) is 83.8 Å². The molecule has 0 aliphatic heterocycles. The number of aromatic amines is 1. The number of imidazole rings is 1. The lowest BCUT2D eigenvalue weighted by molar-refractivity contribution is -0.121. The van der Waals surface area contributed by atoms with Gasteiger partial charge in [-0.05, 0) is 30.7 Å². The van der Waals surface area contributed by atoms with Gasteiger partial charge in [0.1, 0.15) is 0 Å². The zero-order valence-corrected chi connectivity index (χ0v) is 9.57. The first-order valence-electron chi connectivity index (χ1n) is 5.68. The summed E-state index contributed by atoms with van der Waals surface area (Å²) in [5.74, 6) is 0.0418. The summed E-state index contributed by atoms with van der Waals surface area (Å²) in [4.78, 5) is 18.6. The third-order valence-corrected chi connectivity index (χ3v) is 2.58. The molecule has 1 heterocycles. The van der Waals surface area contributed by atoms with Gasteiger partial charge in [-0.1, -0.05) is 6.07 Å². The first kappa shape index (κ1) is 11.6. The van der Waals surface area contributed by atoms with E-state index in [1.807, 2.05) is 18.2 Å². The van der Waals surface area contributed by atoms with Gasteiger partial charge < -0.3 is 16.0 Å². The van der Waals surface area contributed by atoms with Gasteiger partial charge in [-0.2, -0.15) is 0 Å². The molecule has 0 bridgehead atoms. The van der Waals surface area contributed by atoms with Crippen molar-refractivity contribution < 1.29 is 4.79 Å². The van der Waals surface area contributed by atoms with Crippen LogP contribution in [-0.4, -0.2) is 22.4 Å². The predicted molar refractivity (Wildman–Crippen MR) is 66.2 cm³/mol. The molecule has 5 nitrogen and oxygen atoms in total. The van der Waals surface area contributed by atoms with Crippen molar-refractivity contribution >= 4 is 16.9 Å². The van der Waals surface area contributed by atoms with E-state index < -0.39 is 0 Å². The maximum atomic E-state index is 11.4. The summed E-state index contributed by atoms with van der Waals surface area (Å²) in [6, 6.07) is 5.89. The third kappa shape index (κ3) is 3.04. The van der Waals surface area contributed by atoms with Gasteiger partial charge in [-0.15, -0.1) is 0 Å². The van der Waals surface area contributed by atoms with Crippen LogP contribution >= 0.6 is 0 Å². The molecule has 2 rings (SSSR count). The molecular weight excluding hydrogens is 216 g/mol. The summed E-state index contributed by atoms with van der Waals surface area (Å²) in [5.41, 5.74) is 8.32. The quantitative estimate of drug-likeness (QED) is 0.716. The van der Waals surface area contributed by atoms with Crippen LogP contribution in [0.4, 0.5) is 0 Å². The second-order valence-electron chi connectivity index (χ2n) is 3.92. The van der Waals surface area contributed by atoms with Crippen molar-refractivity contribution in [2.24, 2.45) is 5.73 Å². The van der Waals surface area contributed by atoms with Crippen LogP contribution in [-0.2, 0) is 11.3 Å². The van der Waals surface area contributed by atoms with Crippen LogP contribution in [0.25, 0.3) is 11.0 Å². The Morgan fingerprint density at radius 3 is 3.18 bits per heavy atom. The van der Waals surface area contributed by atoms with Crippen LogP contribution in [0, 0.1) is 0 Å². The molecule has 0 atom stereocenters. The van der Waals surface area contributed by atoms with Gasteiger partial charge >= 0.3 is 0 Å². The fourth-order valence-electron chi connectivity index (χ4n) is 1.64. The predicted octanol–water partition coefficient (Wildman–Crippen LogP) is 0.918. The van der Waals surface area contributed by atoms with E-state index in [1.54, 1.807) is 6.33 Å². The zero-order chi connectivity index (χ0) is 12.1. The van der Waals surface area contributed by atoms with Gasteiger partial charge in [0.2, 0.25) is 5.91 Å². The summed E-state index contributed by atoms with van der Waals surface area (Å²) in [6.45, 7) is 1.09. The molecule has 2 aromatic rings. The number of rotatable bonds is 5. The van der Waals surface area contributed by atoms with Crippen LogP contribution in [0.1, 0.15) is 18.4 Å². The summed E-state index contributed by atoms with van der Waals surface area (Å²) < 4.78 is 0. The molecular formula is C12H16N4O. The molecule has 90 valence electrons. The molecule has 0 aliphatic carbocycles. The highest BCUT2D eigenvalue weighted by Crippen LogP contribution is 2.11. The number of benzene rings is 1. The number of nitrogens with zero attached hydrogens (tertiary/aromatic N) is 1. The monoisotopic (exact) mass is 232 g/mol. The fraction of sp³-hybridized carbons (Fsp3) is 0.333. The van der Waals surface area contributed by atoms with Crippen LogP contribution in [0.5, 0.6) is 0 Å². The summed E-state index contributed by atoms with van der Waals surface area (Å²) in [7, 11) is 0. The number of aromatic nitrogens is 2. The van der Waals surface area contributed by atoms with Crippen LogP contribution < -0.4 is 11.1 Å². The maximum Gasteiger partial charge on any atom is 0.220 e. The lowest BCUT2D eigenvalue weighted by atomic mass is 10.2. The second kappa shape index (κ2) is 5.45. The number of nitrogens with one attached hydrogen (secondary N) is 2. The largest absolute Gasteiger partial charge is 0.352 e. The van der Waals surface area contributed by atoms with Crippen molar-refractivity contribution in [2.45, 2.75) is 19.4 Å². The highest BCUT2D eigenvalue weighted by Gasteiger charge is 2.02. The van der Waals surface area contributed by atoms with E-state index in [0.717, 1.165) is 23.0 Å². The van der Waals surface area contributed by atoms with E-state index in [2.05, 4.69) is 15.3 Å². The average molecular weight is 232 g/mol. The standard InChI is InChI=1S/C12H16N4O/c13-5-1-2-12(17)14-7-9-3-4-10-11(6-9)16-8-15-10/h3-4,6,8H,1-2,5,7,13H2,(H,14,17)(H,15,16). The van der Waals surface area contributed by atoms with Crippen LogP contribution in [0.3, 0.4) is 0 Å². The van der Waals surface area contributed by atoms with E-state index in [9.17, 15) is 4.79 Å². The number of hydrogen-bond acceptors (Lipinski definition) is 3. The van der Waals surface area contributed by atoms with Crippen molar-refractivity contribution in [1.29, 1.82) is 0 Å². The summed E-state index contributed by atoms with van der Waals surface area (Å²) in [5, 5.41) is 2.86. The molecule has 4 N–H and O–H groups in total. The molecule has 5 heteroatoms. The lowest BCUT2D eigenvalue weighted by Gasteiger charge is -2.04. The first-order chi connectivity index (χ1) is 8.29. The molecule has 0 unspecified atom stereocenters. The van der Waals surface area contributed by atoms with Gasteiger partial charge in [0, 0.05) is 13.0 Å². The molecule has 1 aromatic heterocycles.